The number of rotatable bonds is 4. The molecule has 78 valence electrons. The highest BCUT2D eigenvalue weighted by atomic mass is 16.3. The topological polar surface area (TPSA) is 32.3 Å². The van der Waals surface area contributed by atoms with Crippen LogP contribution in [0.25, 0.3) is 0 Å². The zero-order chi connectivity index (χ0) is 9.68. The van der Waals surface area contributed by atoms with Crippen molar-refractivity contribution in [1.82, 2.24) is 5.32 Å². The Labute approximate surface area is 81.7 Å². The number of aliphatic hydroxyl groups excluding tert-OH is 1. The summed E-state index contributed by atoms with van der Waals surface area (Å²) in [5.41, 5.74) is 0. The quantitative estimate of drug-likeness (QED) is 0.700. The Kier molecular flexibility index (Phi) is 4.74. The molecule has 0 bridgehead atoms. The maximum absolute atomic E-state index is 8.89. The van der Waals surface area contributed by atoms with Crippen LogP contribution in [0.3, 0.4) is 0 Å². The Hall–Kier alpha value is -0.0800. The molecule has 0 radical (unpaired) electrons. The fraction of sp³-hybridized carbons (Fsp3) is 1.00. The van der Waals surface area contributed by atoms with Crippen molar-refractivity contribution in [1.29, 1.82) is 0 Å². The lowest BCUT2D eigenvalue weighted by atomic mass is 9.86. The summed E-state index contributed by atoms with van der Waals surface area (Å²) in [5, 5.41) is 12.5. The summed E-state index contributed by atoms with van der Waals surface area (Å²) in [5.74, 6) is 1.22. The fourth-order valence-electron chi connectivity index (χ4n) is 2.04. The summed E-state index contributed by atoms with van der Waals surface area (Å²) in [6.45, 7) is 5.68. The van der Waals surface area contributed by atoms with E-state index in [-0.39, 0.29) is 0 Å². The Morgan fingerprint density at radius 1 is 1.38 bits per heavy atom. The van der Waals surface area contributed by atoms with Gasteiger partial charge in [0, 0.05) is 19.2 Å². The van der Waals surface area contributed by atoms with Crippen molar-refractivity contribution in [3.63, 3.8) is 0 Å². The average Bonchev–Trinajstić information content (AvgIpc) is 2.16. The standard InChI is InChI=1S/C11H23NO/c1-9(8-13)7-12-11-6-4-3-5-10(11)2/h9-13H,3-8H2,1-2H3. The minimum Gasteiger partial charge on any atom is -0.396 e. The van der Waals surface area contributed by atoms with Crippen molar-refractivity contribution >= 4 is 0 Å². The van der Waals surface area contributed by atoms with Gasteiger partial charge in [0.1, 0.15) is 0 Å². The lowest BCUT2D eigenvalue weighted by Gasteiger charge is -2.30. The molecule has 0 aliphatic heterocycles. The molecule has 0 aromatic heterocycles. The molecule has 3 atom stereocenters. The van der Waals surface area contributed by atoms with Crippen molar-refractivity contribution in [3.05, 3.63) is 0 Å². The van der Waals surface area contributed by atoms with E-state index in [2.05, 4.69) is 19.2 Å². The summed E-state index contributed by atoms with van der Waals surface area (Å²) in [6.07, 6.45) is 5.45. The van der Waals surface area contributed by atoms with Gasteiger partial charge in [0.2, 0.25) is 0 Å². The van der Waals surface area contributed by atoms with Crippen LogP contribution >= 0.6 is 0 Å². The molecule has 0 spiro atoms. The first-order valence-electron chi connectivity index (χ1n) is 5.58. The molecule has 1 saturated carbocycles. The molecule has 2 nitrogen and oxygen atoms in total. The van der Waals surface area contributed by atoms with E-state index in [0.717, 1.165) is 12.5 Å². The molecule has 1 aliphatic rings. The number of hydrogen-bond donors (Lipinski definition) is 2. The van der Waals surface area contributed by atoms with Gasteiger partial charge in [-0.05, 0) is 24.7 Å². The van der Waals surface area contributed by atoms with Gasteiger partial charge in [-0.1, -0.05) is 26.7 Å². The van der Waals surface area contributed by atoms with Crippen LogP contribution in [0.2, 0.25) is 0 Å². The van der Waals surface area contributed by atoms with E-state index in [1.54, 1.807) is 0 Å². The molecule has 13 heavy (non-hydrogen) atoms. The van der Waals surface area contributed by atoms with E-state index < -0.39 is 0 Å². The van der Waals surface area contributed by atoms with E-state index in [0.29, 0.717) is 18.6 Å². The molecule has 2 heteroatoms. The highest BCUT2D eigenvalue weighted by molar-refractivity contribution is 4.78. The maximum Gasteiger partial charge on any atom is 0.0468 e. The lowest BCUT2D eigenvalue weighted by molar-refractivity contribution is 0.213. The second kappa shape index (κ2) is 5.61. The van der Waals surface area contributed by atoms with Gasteiger partial charge in [-0.15, -0.1) is 0 Å². The van der Waals surface area contributed by atoms with Gasteiger partial charge in [0.15, 0.2) is 0 Å². The number of aliphatic hydroxyl groups is 1. The van der Waals surface area contributed by atoms with Crippen molar-refractivity contribution in [2.75, 3.05) is 13.2 Å². The van der Waals surface area contributed by atoms with Gasteiger partial charge in [-0.3, -0.25) is 0 Å². The first-order valence-corrected chi connectivity index (χ1v) is 5.58. The van der Waals surface area contributed by atoms with Crippen LogP contribution in [0, 0.1) is 11.8 Å². The smallest absolute Gasteiger partial charge is 0.0468 e. The van der Waals surface area contributed by atoms with Crippen molar-refractivity contribution in [2.24, 2.45) is 11.8 Å². The van der Waals surface area contributed by atoms with Crippen LogP contribution in [-0.4, -0.2) is 24.3 Å². The van der Waals surface area contributed by atoms with Crippen LogP contribution in [0.1, 0.15) is 39.5 Å². The molecule has 1 aliphatic carbocycles. The van der Waals surface area contributed by atoms with Crippen LogP contribution in [0.15, 0.2) is 0 Å². The van der Waals surface area contributed by atoms with Crippen molar-refractivity contribution in [3.8, 4) is 0 Å². The van der Waals surface area contributed by atoms with E-state index >= 15 is 0 Å². The van der Waals surface area contributed by atoms with Gasteiger partial charge in [-0.2, -0.15) is 0 Å². The minimum absolute atomic E-state index is 0.300. The van der Waals surface area contributed by atoms with E-state index in [1.807, 2.05) is 0 Å². The van der Waals surface area contributed by atoms with Crippen molar-refractivity contribution < 1.29 is 5.11 Å². The molecule has 0 aromatic rings. The molecule has 0 aromatic carbocycles. The first-order chi connectivity index (χ1) is 6.24. The third-order valence-corrected chi connectivity index (χ3v) is 3.15. The molecular weight excluding hydrogens is 162 g/mol. The van der Waals surface area contributed by atoms with E-state index in [4.69, 9.17) is 5.11 Å². The predicted molar refractivity (Wildman–Crippen MR) is 55.7 cm³/mol. The van der Waals surface area contributed by atoms with Gasteiger partial charge in [0.25, 0.3) is 0 Å². The summed E-state index contributed by atoms with van der Waals surface area (Å²) < 4.78 is 0. The molecule has 1 rings (SSSR count). The maximum atomic E-state index is 8.89. The molecule has 2 N–H and O–H groups in total. The third kappa shape index (κ3) is 3.65. The van der Waals surface area contributed by atoms with Crippen LogP contribution in [0.5, 0.6) is 0 Å². The zero-order valence-electron chi connectivity index (χ0n) is 8.92. The summed E-state index contributed by atoms with van der Waals surface area (Å²) in [4.78, 5) is 0. The van der Waals surface area contributed by atoms with E-state index in [9.17, 15) is 0 Å². The summed E-state index contributed by atoms with van der Waals surface area (Å²) >= 11 is 0. The second-order valence-corrected chi connectivity index (χ2v) is 4.56. The predicted octanol–water partition coefficient (Wildman–Crippen LogP) is 1.78. The average molecular weight is 185 g/mol. The van der Waals surface area contributed by atoms with Gasteiger partial charge < -0.3 is 10.4 Å². The molecule has 0 amide bonds. The Morgan fingerprint density at radius 2 is 2.08 bits per heavy atom. The van der Waals surface area contributed by atoms with Crippen molar-refractivity contribution in [2.45, 2.75) is 45.6 Å². The largest absolute Gasteiger partial charge is 0.396 e. The monoisotopic (exact) mass is 185 g/mol. The third-order valence-electron chi connectivity index (χ3n) is 3.15. The molecule has 3 unspecified atom stereocenters. The molecular formula is C11H23NO. The van der Waals surface area contributed by atoms with Gasteiger partial charge in [0.05, 0.1) is 0 Å². The summed E-state index contributed by atoms with van der Waals surface area (Å²) in [7, 11) is 0. The Morgan fingerprint density at radius 3 is 2.69 bits per heavy atom. The fourth-order valence-corrected chi connectivity index (χ4v) is 2.04. The Balaban J connectivity index is 2.18. The van der Waals surface area contributed by atoms with E-state index in [1.165, 1.54) is 25.7 Å². The first kappa shape index (κ1) is 11.0. The second-order valence-electron chi connectivity index (χ2n) is 4.56. The van der Waals surface area contributed by atoms with Crippen LogP contribution in [-0.2, 0) is 0 Å². The molecule has 0 heterocycles. The normalized spacial score (nSPS) is 31.6. The SMILES string of the molecule is CC(CO)CNC1CCCCC1C. The molecule has 1 fully saturated rings. The highest BCUT2D eigenvalue weighted by Gasteiger charge is 2.20. The summed E-state index contributed by atoms with van der Waals surface area (Å²) in [6, 6.07) is 0.697. The highest BCUT2D eigenvalue weighted by Crippen LogP contribution is 2.23. The van der Waals surface area contributed by atoms with Gasteiger partial charge in [-0.25, -0.2) is 0 Å². The van der Waals surface area contributed by atoms with Gasteiger partial charge >= 0.3 is 0 Å². The van der Waals surface area contributed by atoms with Crippen LogP contribution < -0.4 is 5.32 Å². The Bertz CT molecular complexity index is 138. The number of nitrogens with one attached hydrogen (secondary N) is 1. The minimum atomic E-state index is 0.300. The van der Waals surface area contributed by atoms with Crippen LogP contribution in [0.4, 0.5) is 0 Å². The zero-order valence-corrected chi connectivity index (χ0v) is 8.92. The lowest BCUT2D eigenvalue weighted by Crippen LogP contribution is -2.39. The molecule has 0 saturated heterocycles. The number of hydrogen-bond acceptors (Lipinski definition) is 2.